The van der Waals surface area contributed by atoms with Gasteiger partial charge >= 0.3 is 0 Å². The third kappa shape index (κ3) is 4.53. The normalized spacial score (nSPS) is 18.5. The molecule has 1 fully saturated rings. The van der Waals surface area contributed by atoms with Gasteiger partial charge in [0.2, 0.25) is 15.9 Å². The molecule has 7 heteroatoms. The van der Waals surface area contributed by atoms with E-state index >= 15 is 0 Å². The standard InChI is InChI=1S/C19H24N2O4S/c22-19(20-12-4-8-17-9-6-14-25-17)16-7-5-13-21(15-16)26(23,24)18-10-2-1-3-11-18/h1-3,6,9-11,14,16H,4-5,7-8,12-13,15H2,(H,20,22)/t16-/m1/s1. The largest absolute Gasteiger partial charge is 0.469 e. The molecule has 1 aliphatic heterocycles. The van der Waals surface area contributed by atoms with Crippen molar-refractivity contribution in [3.05, 3.63) is 54.5 Å². The summed E-state index contributed by atoms with van der Waals surface area (Å²) in [5, 5.41) is 2.92. The van der Waals surface area contributed by atoms with Crippen LogP contribution in [-0.2, 0) is 21.2 Å². The van der Waals surface area contributed by atoms with Gasteiger partial charge in [0.25, 0.3) is 0 Å². The Labute approximate surface area is 154 Å². The number of carbonyl (C=O) groups is 1. The maximum absolute atomic E-state index is 12.7. The minimum atomic E-state index is -3.54. The van der Waals surface area contributed by atoms with E-state index in [2.05, 4.69) is 5.32 Å². The zero-order valence-corrected chi connectivity index (χ0v) is 15.5. The third-order valence-corrected chi connectivity index (χ3v) is 6.49. The van der Waals surface area contributed by atoms with Gasteiger partial charge in [-0.3, -0.25) is 4.79 Å². The predicted molar refractivity (Wildman–Crippen MR) is 98.0 cm³/mol. The van der Waals surface area contributed by atoms with Gasteiger partial charge < -0.3 is 9.73 Å². The van der Waals surface area contributed by atoms with Crippen LogP contribution in [0.4, 0.5) is 0 Å². The molecule has 6 nitrogen and oxygen atoms in total. The van der Waals surface area contributed by atoms with Crippen LogP contribution < -0.4 is 5.32 Å². The van der Waals surface area contributed by atoms with Gasteiger partial charge in [0.1, 0.15) is 5.76 Å². The fourth-order valence-electron chi connectivity index (χ4n) is 3.19. The highest BCUT2D eigenvalue weighted by atomic mass is 32.2. The first-order valence-electron chi connectivity index (χ1n) is 8.92. The van der Waals surface area contributed by atoms with E-state index in [0.717, 1.165) is 18.6 Å². The molecule has 2 aromatic rings. The number of sulfonamides is 1. The zero-order chi connectivity index (χ0) is 18.4. The number of carbonyl (C=O) groups excluding carboxylic acids is 1. The minimum Gasteiger partial charge on any atom is -0.469 e. The van der Waals surface area contributed by atoms with Gasteiger partial charge in [-0.2, -0.15) is 4.31 Å². The van der Waals surface area contributed by atoms with Gasteiger partial charge in [-0.15, -0.1) is 0 Å². The number of nitrogens with one attached hydrogen (secondary N) is 1. The molecular weight excluding hydrogens is 352 g/mol. The van der Waals surface area contributed by atoms with Crippen LogP contribution in [-0.4, -0.2) is 38.3 Å². The molecule has 0 saturated carbocycles. The van der Waals surface area contributed by atoms with Crippen molar-refractivity contribution in [2.45, 2.75) is 30.6 Å². The molecule has 2 heterocycles. The molecule has 1 aliphatic rings. The molecule has 1 atom stereocenters. The van der Waals surface area contributed by atoms with Gasteiger partial charge in [-0.05, 0) is 43.5 Å². The van der Waals surface area contributed by atoms with E-state index in [1.807, 2.05) is 12.1 Å². The van der Waals surface area contributed by atoms with Crippen molar-refractivity contribution < 1.29 is 17.6 Å². The zero-order valence-electron chi connectivity index (χ0n) is 14.6. The van der Waals surface area contributed by atoms with Crippen molar-refractivity contribution >= 4 is 15.9 Å². The molecule has 1 amide bonds. The van der Waals surface area contributed by atoms with E-state index < -0.39 is 10.0 Å². The van der Waals surface area contributed by atoms with Gasteiger partial charge in [-0.25, -0.2) is 8.42 Å². The molecule has 0 radical (unpaired) electrons. The lowest BCUT2D eigenvalue weighted by molar-refractivity contribution is -0.126. The Balaban J connectivity index is 1.52. The number of nitrogens with zero attached hydrogens (tertiary/aromatic N) is 1. The highest BCUT2D eigenvalue weighted by Crippen LogP contribution is 2.23. The van der Waals surface area contributed by atoms with E-state index in [1.165, 1.54) is 4.31 Å². The van der Waals surface area contributed by atoms with Crippen LogP contribution >= 0.6 is 0 Å². The molecule has 3 rings (SSSR count). The van der Waals surface area contributed by atoms with Crippen molar-refractivity contribution in [3.8, 4) is 0 Å². The molecule has 0 unspecified atom stereocenters. The summed E-state index contributed by atoms with van der Waals surface area (Å²) in [6, 6.07) is 12.1. The fourth-order valence-corrected chi connectivity index (χ4v) is 4.73. The second-order valence-electron chi connectivity index (χ2n) is 6.49. The number of rotatable bonds is 7. The van der Waals surface area contributed by atoms with Crippen LogP contribution in [0.2, 0.25) is 0 Å². The highest BCUT2D eigenvalue weighted by molar-refractivity contribution is 7.89. The average molecular weight is 376 g/mol. The van der Waals surface area contributed by atoms with Gasteiger partial charge in [0.15, 0.2) is 0 Å². The Bertz CT molecular complexity index is 803. The number of amides is 1. The smallest absolute Gasteiger partial charge is 0.243 e. The summed E-state index contributed by atoms with van der Waals surface area (Å²) in [6.45, 7) is 1.25. The summed E-state index contributed by atoms with van der Waals surface area (Å²) < 4.78 is 32.2. The minimum absolute atomic E-state index is 0.0718. The number of aryl methyl sites for hydroxylation is 1. The van der Waals surface area contributed by atoms with E-state index in [1.54, 1.807) is 36.6 Å². The number of hydrogen-bond acceptors (Lipinski definition) is 4. The molecule has 0 spiro atoms. The van der Waals surface area contributed by atoms with Crippen molar-refractivity contribution in [3.63, 3.8) is 0 Å². The van der Waals surface area contributed by atoms with E-state index in [9.17, 15) is 13.2 Å². The first-order chi connectivity index (χ1) is 12.6. The molecule has 1 aromatic heterocycles. The van der Waals surface area contributed by atoms with Gasteiger partial charge in [0, 0.05) is 26.1 Å². The molecule has 0 bridgehead atoms. The van der Waals surface area contributed by atoms with Crippen molar-refractivity contribution in [1.29, 1.82) is 0 Å². The fraction of sp³-hybridized carbons (Fsp3) is 0.421. The second-order valence-corrected chi connectivity index (χ2v) is 8.43. The van der Waals surface area contributed by atoms with E-state index in [0.29, 0.717) is 25.9 Å². The summed E-state index contributed by atoms with van der Waals surface area (Å²) in [5.41, 5.74) is 0. The van der Waals surface area contributed by atoms with Crippen LogP contribution in [0.1, 0.15) is 25.0 Å². The van der Waals surface area contributed by atoms with Crippen molar-refractivity contribution in [1.82, 2.24) is 9.62 Å². The molecule has 26 heavy (non-hydrogen) atoms. The monoisotopic (exact) mass is 376 g/mol. The third-order valence-electron chi connectivity index (χ3n) is 4.62. The van der Waals surface area contributed by atoms with E-state index in [-0.39, 0.29) is 23.3 Å². The predicted octanol–water partition coefficient (Wildman–Crippen LogP) is 2.43. The molecule has 140 valence electrons. The number of benzene rings is 1. The molecule has 1 saturated heterocycles. The van der Waals surface area contributed by atoms with Crippen LogP contribution in [0, 0.1) is 5.92 Å². The van der Waals surface area contributed by atoms with Gasteiger partial charge in [0.05, 0.1) is 17.1 Å². The van der Waals surface area contributed by atoms with Crippen LogP contribution in [0.15, 0.2) is 58.0 Å². The number of piperidine rings is 1. The highest BCUT2D eigenvalue weighted by Gasteiger charge is 2.33. The lowest BCUT2D eigenvalue weighted by Crippen LogP contribution is -2.45. The maximum atomic E-state index is 12.7. The number of hydrogen-bond donors (Lipinski definition) is 1. The Morgan fingerprint density at radius 2 is 2.00 bits per heavy atom. The Kier molecular flexibility index (Phi) is 6.11. The van der Waals surface area contributed by atoms with Crippen LogP contribution in [0.3, 0.4) is 0 Å². The number of furan rings is 1. The van der Waals surface area contributed by atoms with Crippen LogP contribution in [0.5, 0.6) is 0 Å². The lowest BCUT2D eigenvalue weighted by Gasteiger charge is -2.31. The first kappa shape index (κ1) is 18.7. The SMILES string of the molecule is O=C(NCCCc1ccco1)[C@@H]1CCCN(S(=O)(=O)c2ccccc2)C1. The molecule has 0 aliphatic carbocycles. The summed E-state index contributed by atoms with van der Waals surface area (Å²) in [7, 11) is -3.54. The van der Waals surface area contributed by atoms with Crippen molar-refractivity contribution in [2.24, 2.45) is 5.92 Å². The molecule has 1 aromatic carbocycles. The lowest BCUT2D eigenvalue weighted by atomic mass is 9.99. The average Bonchev–Trinajstić information content (AvgIpc) is 3.19. The van der Waals surface area contributed by atoms with Gasteiger partial charge in [-0.1, -0.05) is 18.2 Å². The maximum Gasteiger partial charge on any atom is 0.243 e. The Morgan fingerprint density at radius 1 is 1.19 bits per heavy atom. The first-order valence-corrected chi connectivity index (χ1v) is 10.4. The van der Waals surface area contributed by atoms with Crippen molar-refractivity contribution in [2.75, 3.05) is 19.6 Å². The quantitative estimate of drug-likeness (QED) is 0.753. The topological polar surface area (TPSA) is 79.6 Å². The Morgan fingerprint density at radius 3 is 2.73 bits per heavy atom. The summed E-state index contributed by atoms with van der Waals surface area (Å²) in [4.78, 5) is 12.7. The Hall–Kier alpha value is -2.12. The molecular formula is C19H24N2O4S. The summed E-state index contributed by atoms with van der Waals surface area (Å²) >= 11 is 0. The summed E-state index contributed by atoms with van der Waals surface area (Å²) in [6.07, 6.45) is 4.60. The second kappa shape index (κ2) is 8.51. The van der Waals surface area contributed by atoms with E-state index in [4.69, 9.17) is 4.42 Å². The summed E-state index contributed by atoms with van der Waals surface area (Å²) in [5.74, 6) is 0.528. The molecule has 1 N–H and O–H groups in total. The van der Waals surface area contributed by atoms with Crippen LogP contribution in [0.25, 0.3) is 0 Å².